The second kappa shape index (κ2) is 8.91. The van der Waals surface area contributed by atoms with Crippen molar-refractivity contribution in [3.8, 4) is 0 Å². The van der Waals surface area contributed by atoms with Crippen LogP contribution >= 0.6 is 0 Å². The average molecular weight is 268 g/mol. The Morgan fingerprint density at radius 2 is 1.67 bits per heavy atom. The van der Waals surface area contributed by atoms with Gasteiger partial charge in [-0.1, -0.05) is 0 Å². The Morgan fingerprint density at radius 1 is 1.67 bits per heavy atom. The van der Waals surface area contributed by atoms with Crippen LogP contribution in [0.3, 0.4) is 0 Å². The topological polar surface area (TPSA) is 70.8 Å². The van der Waals surface area contributed by atoms with Crippen LogP contribution in [0.25, 0.3) is 6.15 Å². The molecule has 0 aliphatic rings. The number of aliphatic carboxylic acids is 1. The largest absolute Gasteiger partial charge is 0.693 e. The van der Waals surface area contributed by atoms with Gasteiger partial charge in [0, 0.05) is 27.0 Å². The summed E-state index contributed by atoms with van der Waals surface area (Å²) in [5, 5.41) is 7.42. The van der Waals surface area contributed by atoms with Crippen LogP contribution in [0.2, 0.25) is 0 Å². The van der Waals surface area contributed by atoms with Crippen molar-refractivity contribution < 1.29 is 30.0 Å². The second-order valence-electron chi connectivity index (χ2n) is 0.519. The van der Waals surface area contributed by atoms with Crippen LogP contribution < -0.4 is 0 Å². The van der Waals surface area contributed by atoms with E-state index in [2.05, 4.69) is 0 Å². The van der Waals surface area contributed by atoms with E-state index in [-0.39, 0.29) is 26.3 Å². The molecule has 0 aromatic heterocycles. The minimum absolute atomic E-state index is 0. The van der Waals surface area contributed by atoms with Gasteiger partial charge in [-0.3, -0.25) is 4.79 Å². The van der Waals surface area contributed by atoms with Crippen molar-refractivity contribution in [2.45, 2.75) is 6.92 Å². The third-order valence-corrected chi connectivity index (χ3v) is 0. The summed E-state index contributed by atoms with van der Waals surface area (Å²) < 4.78 is 0. The smallest absolute Gasteiger partial charge is 0.300 e. The summed E-state index contributed by atoms with van der Waals surface area (Å²) in [6.07, 6.45) is 0. The molecular weight excluding hydrogens is 262 g/mol. The van der Waals surface area contributed by atoms with Crippen molar-refractivity contribution in [3.63, 3.8) is 0 Å². The Kier molecular flexibility index (Phi) is 24.6. The summed E-state index contributed by atoms with van der Waals surface area (Å²) in [7, 11) is 0. The summed E-state index contributed by atoms with van der Waals surface area (Å²) in [5.41, 5.74) is 0. The van der Waals surface area contributed by atoms with E-state index in [1.54, 1.807) is 0 Å². The number of carboxylic acid groups (broad SMARTS) is 1. The standard InChI is InChI=1S/C2H4O2.Ir.H2N/c1-2(3)4;;/h1H3,(H,3,4);;1H2/q;;-1. The number of hydrogen-bond acceptors (Lipinski definition) is 1. The molecule has 0 fully saturated rings. The molecule has 0 aliphatic heterocycles. The van der Waals surface area contributed by atoms with E-state index in [9.17, 15) is 0 Å². The maximum atomic E-state index is 9.00. The van der Waals surface area contributed by atoms with Crippen molar-refractivity contribution in [3.05, 3.63) is 6.15 Å². The fraction of sp³-hybridized carbons (Fsp3) is 0.500. The van der Waals surface area contributed by atoms with E-state index in [0.29, 0.717) is 0 Å². The van der Waals surface area contributed by atoms with E-state index in [1.165, 1.54) is 0 Å². The number of hydrogen-bond donors (Lipinski definition) is 1. The predicted molar refractivity (Wildman–Crippen MR) is 18.6 cm³/mol. The van der Waals surface area contributed by atoms with Gasteiger partial charge < -0.3 is 11.3 Å². The first kappa shape index (κ1) is 16.5. The van der Waals surface area contributed by atoms with Crippen molar-refractivity contribution in [1.29, 1.82) is 0 Å². The van der Waals surface area contributed by atoms with Crippen LogP contribution in [0, 0.1) is 0 Å². The van der Waals surface area contributed by atoms with E-state index in [1.807, 2.05) is 0 Å². The van der Waals surface area contributed by atoms with Crippen LogP contribution in [0.4, 0.5) is 0 Å². The van der Waals surface area contributed by atoms with E-state index < -0.39 is 5.97 Å². The zero-order chi connectivity index (χ0) is 3.58. The molecule has 0 atom stereocenters. The first-order valence-electron chi connectivity index (χ1n) is 0.928. The van der Waals surface area contributed by atoms with Gasteiger partial charge in [-0.15, -0.1) is 0 Å². The second-order valence-corrected chi connectivity index (χ2v) is 0.519. The molecule has 0 aromatic carbocycles. The van der Waals surface area contributed by atoms with Crippen LogP contribution in [0.15, 0.2) is 0 Å². The predicted octanol–water partition coefficient (Wildman–Crippen LogP) is 0.805. The molecule has 0 unspecified atom stereocenters. The molecule has 3 nitrogen and oxygen atoms in total. The molecule has 0 heterocycles. The molecule has 0 amide bonds. The molecule has 6 heavy (non-hydrogen) atoms. The third kappa shape index (κ3) is 6140. The van der Waals surface area contributed by atoms with Crippen molar-refractivity contribution in [2.75, 3.05) is 0 Å². The van der Waals surface area contributed by atoms with E-state index in [0.717, 1.165) is 6.92 Å². The Morgan fingerprint density at radius 3 is 1.67 bits per heavy atom. The molecule has 41 valence electrons. The molecule has 0 bridgehead atoms. The Hall–Kier alpha value is 0.0794. The summed E-state index contributed by atoms with van der Waals surface area (Å²) in [6, 6.07) is 0. The van der Waals surface area contributed by atoms with Crippen molar-refractivity contribution >= 4 is 5.97 Å². The van der Waals surface area contributed by atoms with Gasteiger partial charge >= 0.3 is 0 Å². The minimum Gasteiger partial charge on any atom is -0.693 e. The molecule has 0 spiro atoms. The first-order chi connectivity index (χ1) is 1.73. The number of nitrogens with two attached hydrogens (primary N) is 1. The number of rotatable bonds is 0. The first-order valence-corrected chi connectivity index (χ1v) is 0.928. The van der Waals surface area contributed by atoms with Crippen molar-refractivity contribution in [2.24, 2.45) is 0 Å². The van der Waals surface area contributed by atoms with Gasteiger partial charge in [0.2, 0.25) is 0 Å². The normalized spacial score (nSPS) is 4.17. The molecule has 0 aromatic rings. The van der Waals surface area contributed by atoms with E-state index >= 15 is 0 Å². The zero-order valence-corrected chi connectivity index (χ0v) is 5.66. The van der Waals surface area contributed by atoms with Gasteiger partial charge in [0.1, 0.15) is 0 Å². The molecular formula is C2H6IrNO2-. The van der Waals surface area contributed by atoms with Crippen molar-refractivity contribution in [1.82, 2.24) is 0 Å². The number of carboxylic acids is 1. The maximum absolute atomic E-state index is 9.00. The minimum atomic E-state index is -0.833. The van der Waals surface area contributed by atoms with E-state index in [4.69, 9.17) is 9.90 Å². The molecule has 0 saturated heterocycles. The maximum Gasteiger partial charge on any atom is 0.300 e. The summed E-state index contributed by atoms with van der Waals surface area (Å²) in [4.78, 5) is 9.00. The SMILES string of the molecule is CC(=O)O.[Ir].[NH2-]. The Bertz CT molecular complexity index is 34.5. The van der Waals surface area contributed by atoms with Crippen LogP contribution in [-0.4, -0.2) is 11.1 Å². The summed E-state index contributed by atoms with van der Waals surface area (Å²) in [5.74, 6) is -0.833. The Balaban J connectivity index is -0.0000000450. The van der Waals surface area contributed by atoms with Crippen LogP contribution in [0.1, 0.15) is 6.92 Å². The van der Waals surface area contributed by atoms with Crippen LogP contribution in [-0.2, 0) is 24.9 Å². The number of carbonyl (C=O) groups is 1. The summed E-state index contributed by atoms with van der Waals surface area (Å²) >= 11 is 0. The molecule has 0 rings (SSSR count). The van der Waals surface area contributed by atoms with Gasteiger partial charge in [0.15, 0.2) is 0 Å². The van der Waals surface area contributed by atoms with Gasteiger partial charge in [-0.25, -0.2) is 0 Å². The van der Waals surface area contributed by atoms with Gasteiger partial charge in [-0.2, -0.15) is 0 Å². The molecule has 3 N–H and O–H groups in total. The van der Waals surface area contributed by atoms with Gasteiger partial charge in [0.25, 0.3) is 5.97 Å². The molecule has 1 radical (unpaired) electrons. The molecule has 4 heteroatoms. The Labute approximate surface area is 49.7 Å². The third-order valence-electron chi connectivity index (χ3n) is 0. The van der Waals surface area contributed by atoms with Gasteiger partial charge in [0.05, 0.1) is 0 Å². The van der Waals surface area contributed by atoms with Gasteiger partial charge in [-0.05, 0) is 0 Å². The average Bonchev–Trinajstić information content (AvgIpc) is 0.811. The monoisotopic (exact) mass is 269 g/mol. The molecule has 0 saturated carbocycles. The zero-order valence-electron chi connectivity index (χ0n) is 3.27. The molecule has 0 aliphatic carbocycles. The quantitative estimate of drug-likeness (QED) is 0.706. The fourth-order valence-electron chi connectivity index (χ4n) is 0. The van der Waals surface area contributed by atoms with Crippen LogP contribution in [0.5, 0.6) is 0 Å². The fourth-order valence-corrected chi connectivity index (χ4v) is 0. The summed E-state index contributed by atoms with van der Waals surface area (Å²) in [6.45, 7) is 1.08.